The molecule has 0 atom stereocenters. The highest BCUT2D eigenvalue weighted by molar-refractivity contribution is 7.98. The maximum absolute atomic E-state index is 5.89. The Labute approximate surface area is 93.7 Å². The fourth-order valence-corrected chi connectivity index (χ4v) is 2.03. The smallest absolute Gasteiger partial charge is 0.201 e. The molecule has 0 bridgehead atoms. The zero-order valence-electron chi connectivity index (χ0n) is 9.03. The summed E-state index contributed by atoms with van der Waals surface area (Å²) in [5, 5.41) is 0. The van der Waals surface area contributed by atoms with E-state index < -0.39 is 0 Å². The van der Waals surface area contributed by atoms with Gasteiger partial charge >= 0.3 is 0 Å². The van der Waals surface area contributed by atoms with Gasteiger partial charge in [0.25, 0.3) is 0 Å². The maximum atomic E-state index is 5.89. The third-order valence-corrected chi connectivity index (χ3v) is 3.04. The number of nitrogen functional groups attached to an aromatic ring is 1. The SMILES string of the molecule is CSCCn1c(N)nc2ccc(C)cc21. The summed E-state index contributed by atoms with van der Waals surface area (Å²) in [6.45, 7) is 3.01. The van der Waals surface area contributed by atoms with E-state index in [0.717, 1.165) is 23.3 Å². The molecule has 0 aliphatic heterocycles. The van der Waals surface area contributed by atoms with E-state index in [1.165, 1.54) is 5.56 Å². The maximum Gasteiger partial charge on any atom is 0.201 e. The van der Waals surface area contributed by atoms with Crippen molar-refractivity contribution in [3.8, 4) is 0 Å². The molecule has 3 nitrogen and oxygen atoms in total. The predicted octanol–water partition coefficient (Wildman–Crippen LogP) is 2.29. The molecule has 0 aliphatic carbocycles. The van der Waals surface area contributed by atoms with Crippen LogP contribution in [0, 0.1) is 6.92 Å². The zero-order chi connectivity index (χ0) is 10.8. The Balaban J connectivity index is 2.50. The Kier molecular flexibility index (Phi) is 2.86. The van der Waals surface area contributed by atoms with Gasteiger partial charge in [-0.25, -0.2) is 4.98 Å². The second kappa shape index (κ2) is 4.14. The quantitative estimate of drug-likeness (QED) is 0.864. The molecule has 80 valence electrons. The van der Waals surface area contributed by atoms with Crippen LogP contribution < -0.4 is 5.73 Å². The van der Waals surface area contributed by atoms with E-state index in [0.29, 0.717) is 5.95 Å². The summed E-state index contributed by atoms with van der Waals surface area (Å²) in [7, 11) is 0. The fraction of sp³-hybridized carbons (Fsp3) is 0.364. The van der Waals surface area contributed by atoms with Crippen molar-refractivity contribution >= 4 is 28.7 Å². The molecule has 2 aromatic rings. The van der Waals surface area contributed by atoms with Crippen LogP contribution in [0.1, 0.15) is 5.56 Å². The van der Waals surface area contributed by atoms with Gasteiger partial charge in [0.05, 0.1) is 11.0 Å². The molecule has 1 aromatic carbocycles. The summed E-state index contributed by atoms with van der Waals surface area (Å²) >= 11 is 1.82. The van der Waals surface area contributed by atoms with Gasteiger partial charge in [0.15, 0.2) is 0 Å². The molecule has 0 spiro atoms. The summed E-state index contributed by atoms with van der Waals surface area (Å²) in [6, 6.07) is 6.23. The lowest BCUT2D eigenvalue weighted by Gasteiger charge is -2.04. The monoisotopic (exact) mass is 221 g/mol. The Morgan fingerprint density at radius 3 is 3.00 bits per heavy atom. The van der Waals surface area contributed by atoms with Gasteiger partial charge in [-0.2, -0.15) is 11.8 Å². The standard InChI is InChI=1S/C11H15N3S/c1-8-3-4-9-10(7-8)14(5-6-15-2)11(12)13-9/h3-4,7H,5-6H2,1-2H3,(H2,12,13). The van der Waals surface area contributed by atoms with Crippen molar-refractivity contribution < 1.29 is 0 Å². The highest BCUT2D eigenvalue weighted by Crippen LogP contribution is 2.19. The number of hydrogen-bond acceptors (Lipinski definition) is 3. The number of thioether (sulfide) groups is 1. The van der Waals surface area contributed by atoms with Crippen LogP contribution in [0.2, 0.25) is 0 Å². The molecule has 2 rings (SSSR count). The molecule has 4 heteroatoms. The number of fused-ring (bicyclic) bond motifs is 1. The van der Waals surface area contributed by atoms with Crippen molar-refractivity contribution in [3.63, 3.8) is 0 Å². The van der Waals surface area contributed by atoms with Gasteiger partial charge < -0.3 is 10.3 Å². The van der Waals surface area contributed by atoms with Crippen molar-refractivity contribution in [1.29, 1.82) is 0 Å². The van der Waals surface area contributed by atoms with Crippen LogP contribution >= 0.6 is 11.8 Å². The number of anilines is 1. The number of nitrogens with two attached hydrogens (primary N) is 1. The zero-order valence-corrected chi connectivity index (χ0v) is 9.84. The highest BCUT2D eigenvalue weighted by Gasteiger charge is 2.07. The number of imidazole rings is 1. The first-order chi connectivity index (χ1) is 7.22. The van der Waals surface area contributed by atoms with Crippen molar-refractivity contribution in [3.05, 3.63) is 23.8 Å². The number of aromatic nitrogens is 2. The van der Waals surface area contributed by atoms with Crippen molar-refractivity contribution in [2.75, 3.05) is 17.7 Å². The number of nitrogens with zero attached hydrogens (tertiary/aromatic N) is 2. The molecule has 0 unspecified atom stereocenters. The first kappa shape index (κ1) is 10.4. The summed E-state index contributed by atoms with van der Waals surface area (Å²) < 4.78 is 2.08. The predicted molar refractivity (Wildman–Crippen MR) is 67.3 cm³/mol. The molecule has 0 saturated carbocycles. The van der Waals surface area contributed by atoms with Crippen molar-refractivity contribution in [2.45, 2.75) is 13.5 Å². The van der Waals surface area contributed by atoms with Gasteiger partial charge in [-0.1, -0.05) is 6.07 Å². The topological polar surface area (TPSA) is 43.8 Å². The molecule has 0 saturated heterocycles. The van der Waals surface area contributed by atoms with E-state index >= 15 is 0 Å². The molecule has 0 radical (unpaired) electrons. The summed E-state index contributed by atoms with van der Waals surface area (Å²) in [5.41, 5.74) is 9.26. The Bertz CT molecular complexity index is 476. The molecule has 2 N–H and O–H groups in total. The van der Waals surface area contributed by atoms with E-state index in [2.05, 4.69) is 34.9 Å². The minimum atomic E-state index is 0.615. The third-order valence-electron chi connectivity index (χ3n) is 2.45. The first-order valence-electron chi connectivity index (χ1n) is 4.93. The van der Waals surface area contributed by atoms with E-state index in [1.54, 1.807) is 0 Å². The fourth-order valence-electron chi connectivity index (χ4n) is 1.67. The molecule has 0 amide bonds. The molecule has 0 fully saturated rings. The Hall–Kier alpha value is -1.16. The summed E-state index contributed by atoms with van der Waals surface area (Å²) in [4.78, 5) is 4.34. The average Bonchev–Trinajstić information content (AvgIpc) is 2.51. The van der Waals surface area contributed by atoms with Crippen LogP contribution in [0.3, 0.4) is 0 Å². The Morgan fingerprint density at radius 2 is 2.27 bits per heavy atom. The molecular weight excluding hydrogens is 206 g/mol. The first-order valence-corrected chi connectivity index (χ1v) is 6.33. The lowest BCUT2D eigenvalue weighted by molar-refractivity contribution is 0.810. The Morgan fingerprint density at radius 1 is 1.47 bits per heavy atom. The van der Waals surface area contributed by atoms with Crippen LogP contribution in [0.5, 0.6) is 0 Å². The normalized spacial score (nSPS) is 11.1. The second-order valence-corrected chi connectivity index (χ2v) is 4.59. The van der Waals surface area contributed by atoms with Crippen LogP contribution in [0.25, 0.3) is 11.0 Å². The highest BCUT2D eigenvalue weighted by atomic mass is 32.2. The van der Waals surface area contributed by atoms with Gasteiger partial charge in [0.1, 0.15) is 0 Å². The molecular formula is C11H15N3S. The van der Waals surface area contributed by atoms with Crippen LogP contribution in [0.4, 0.5) is 5.95 Å². The minimum absolute atomic E-state index is 0.615. The number of benzene rings is 1. The van der Waals surface area contributed by atoms with Gasteiger partial charge in [0.2, 0.25) is 5.95 Å². The average molecular weight is 221 g/mol. The number of hydrogen-bond donors (Lipinski definition) is 1. The van der Waals surface area contributed by atoms with Crippen molar-refractivity contribution in [1.82, 2.24) is 9.55 Å². The van der Waals surface area contributed by atoms with Gasteiger partial charge in [-0.15, -0.1) is 0 Å². The van der Waals surface area contributed by atoms with Gasteiger partial charge in [-0.3, -0.25) is 0 Å². The van der Waals surface area contributed by atoms with E-state index in [4.69, 9.17) is 5.73 Å². The number of rotatable bonds is 3. The molecule has 0 aliphatic rings. The van der Waals surface area contributed by atoms with E-state index in [-0.39, 0.29) is 0 Å². The minimum Gasteiger partial charge on any atom is -0.369 e. The van der Waals surface area contributed by atoms with Crippen LogP contribution in [-0.2, 0) is 6.54 Å². The molecule has 1 aromatic heterocycles. The molecule has 1 heterocycles. The van der Waals surface area contributed by atoms with E-state index in [9.17, 15) is 0 Å². The summed E-state index contributed by atoms with van der Waals surface area (Å²) in [6.07, 6.45) is 2.10. The summed E-state index contributed by atoms with van der Waals surface area (Å²) in [5.74, 6) is 1.67. The lowest BCUT2D eigenvalue weighted by Crippen LogP contribution is -2.04. The van der Waals surface area contributed by atoms with Crippen molar-refractivity contribution in [2.24, 2.45) is 0 Å². The van der Waals surface area contributed by atoms with E-state index in [1.807, 2.05) is 17.8 Å². The lowest BCUT2D eigenvalue weighted by atomic mass is 10.2. The largest absolute Gasteiger partial charge is 0.369 e. The van der Waals surface area contributed by atoms with Crippen LogP contribution in [-0.4, -0.2) is 21.6 Å². The van der Waals surface area contributed by atoms with Crippen LogP contribution in [0.15, 0.2) is 18.2 Å². The second-order valence-electron chi connectivity index (χ2n) is 3.61. The molecule has 15 heavy (non-hydrogen) atoms. The van der Waals surface area contributed by atoms with Gasteiger partial charge in [0, 0.05) is 12.3 Å². The number of aryl methyl sites for hydroxylation is 2. The van der Waals surface area contributed by atoms with Gasteiger partial charge in [-0.05, 0) is 30.9 Å². The third kappa shape index (κ3) is 1.95.